The molecule has 98 valence electrons. The first-order valence-corrected chi connectivity index (χ1v) is 6.40. The summed E-state index contributed by atoms with van der Waals surface area (Å²) >= 11 is 6.36. The number of hydrogen-bond acceptors (Lipinski definition) is 2. The molecule has 3 nitrogen and oxygen atoms in total. The van der Waals surface area contributed by atoms with Crippen molar-refractivity contribution in [3.63, 3.8) is 0 Å². The van der Waals surface area contributed by atoms with Gasteiger partial charge in [0.2, 0.25) is 0 Å². The number of para-hydroxylation sites is 1. The summed E-state index contributed by atoms with van der Waals surface area (Å²) in [5.74, 6) is 0. The Balaban J connectivity index is 2.15. The molecule has 1 aromatic heterocycles. The molecule has 0 amide bonds. The molecule has 0 radical (unpaired) electrons. The predicted octanol–water partition coefficient (Wildman–Crippen LogP) is 3.34. The van der Waals surface area contributed by atoms with Crippen LogP contribution < -0.4 is 5.32 Å². The van der Waals surface area contributed by atoms with Gasteiger partial charge in [-0.3, -0.25) is 0 Å². The third-order valence-electron chi connectivity index (χ3n) is 2.96. The fourth-order valence-corrected chi connectivity index (χ4v) is 2.30. The molecule has 2 N–H and O–H groups in total. The second kappa shape index (κ2) is 5.31. The van der Waals surface area contributed by atoms with Crippen molar-refractivity contribution < 1.29 is 4.74 Å². The Bertz CT molecular complexity index is 534. The Kier molecular flexibility index (Phi) is 3.95. The molecule has 4 heteroatoms. The SMILES string of the molecule is COCC(C)(C)NCc1[nH]c2ccccc2c1Cl. The lowest BCUT2D eigenvalue weighted by atomic mass is 10.1. The van der Waals surface area contributed by atoms with Gasteiger partial charge in [-0.25, -0.2) is 0 Å². The summed E-state index contributed by atoms with van der Waals surface area (Å²) in [5, 5.41) is 5.30. The van der Waals surface area contributed by atoms with E-state index >= 15 is 0 Å². The van der Waals surface area contributed by atoms with E-state index in [-0.39, 0.29) is 5.54 Å². The number of fused-ring (bicyclic) bond motifs is 1. The Labute approximate surface area is 112 Å². The van der Waals surface area contributed by atoms with Crippen LogP contribution in [-0.4, -0.2) is 24.2 Å². The second-order valence-electron chi connectivity index (χ2n) is 5.13. The van der Waals surface area contributed by atoms with E-state index in [4.69, 9.17) is 16.3 Å². The number of ether oxygens (including phenoxy) is 1. The zero-order chi connectivity index (χ0) is 13.2. The van der Waals surface area contributed by atoms with Crippen LogP contribution in [0.25, 0.3) is 10.9 Å². The highest BCUT2D eigenvalue weighted by Crippen LogP contribution is 2.27. The number of benzene rings is 1. The predicted molar refractivity (Wildman–Crippen MR) is 76.1 cm³/mol. The molecule has 0 saturated heterocycles. The number of rotatable bonds is 5. The first-order chi connectivity index (χ1) is 8.53. The highest BCUT2D eigenvalue weighted by atomic mass is 35.5. The van der Waals surface area contributed by atoms with Crippen molar-refractivity contribution >= 4 is 22.5 Å². The Morgan fingerprint density at radius 1 is 1.33 bits per heavy atom. The average Bonchev–Trinajstić information content (AvgIpc) is 2.65. The van der Waals surface area contributed by atoms with Crippen LogP contribution >= 0.6 is 11.6 Å². The van der Waals surface area contributed by atoms with Gasteiger partial charge in [-0.1, -0.05) is 29.8 Å². The van der Waals surface area contributed by atoms with Crippen molar-refractivity contribution in [2.24, 2.45) is 0 Å². The van der Waals surface area contributed by atoms with E-state index in [2.05, 4.69) is 24.1 Å². The third-order valence-corrected chi connectivity index (χ3v) is 3.39. The van der Waals surface area contributed by atoms with Crippen molar-refractivity contribution in [2.45, 2.75) is 25.9 Å². The van der Waals surface area contributed by atoms with Gasteiger partial charge in [-0.05, 0) is 19.9 Å². The van der Waals surface area contributed by atoms with Gasteiger partial charge in [0.05, 0.1) is 11.6 Å². The van der Waals surface area contributed by atoms with E-state index in [1.165, 1.54) is 0 Å². The zero-order valence-electron chi connectivity index (χ0n) is 11.0. The average molecular weight is 267 g/mol. The Hall–Kier alpha value is -1.03. The number of halogens is 1. The normalized spacial score (nSPS) is 12.2. The molecule has 0 unspecified atom stereocenters. The molecule has 0 aliphatic rings. The van der Waals surface area contributed by atoms with E-state index < -0.39 is 0 Å². The largest absolute Gasteiger partial charge is 0.383 e. The molecule has 2 rings (SSSR count). The smallest absolute Gasteiger partial charge is 0.0705 e. The van der Waals surface area contributed by atoms with Crippen LogP contribution in [0.2, 0.25) is 5.02 Å². The molecule has 0 aliphatic heterocycles. The van der Waals surface area contributed by atoms with Crippen LogP contribution in [-0.2, 0) is 11.3 Å². The number of methoxy groups -OCH3 is 1. The molecule has 0 saturated carbocycles. The summed E-state index contributed by atoms with van der Waals surface area (Å²) in [6.45, 7) is 5.56. The van der Waals surface area contributed by atoms with Gasteiger partial charge >= 0.3 is 0 Å². The highest BCUT2D eigenvalue weighted by Gasteiger charge is 2.18. The van der Waals surface area contributed by atoms with E-state index in [0.717, 1.165) is 21.6 Å². The van der Waals surface area contributed by atoms with Crippen molar-refractivity contribution in [3.05, 3.63) is 35.0 Å². The molecule has 0 fully saturated rings. The highest BCUT2D eigenvalue weighted by molar-refractivity contribution is 6.36. The van der Waals surface area contributed by atoms with Crippen LogP contribution in [0.5, 0.6) is 0 Å². The molecular formula is C14H19ClN2O. The molecule has 1 aromatic carbocycles. The van der Waals surface area contributed by atoms with Crippen LogP contribution in [0.3, 0.4) is 0 Å². The maximum absolute atomic E-state index is 6.36. The summed E-state index contributed by atoms with van der Waals surface area (Å²) in [4.78, 5) is 3.34. The quantitative estimate of drug-likeness (QED) is 0.871. The van der Waals surface area contributed by atoms with E-state index in [1.807, 2.05) is 24.3 Å². The minimum absolute atomic E-state index is 0.0740. The molecule has 2 aromatic rings. The van der Waals surface area contributed by atoms with Gasteiger partial charge in [0.15, 0.2) is 0 Å². The van der Waals surface area contributed by atoms with Gasteiger partial charge in [-0.2, -0.15) is 0 Å². The van der Waals surface area contributed by atoms with Gasteiger partial charge in [0.1, 0.15) is 0 Å². The van der Waals surface area contributed by atoms with Crippen LogP contribution in [0.4, 0.5) is 0 Å². The number of nitrogens with one attached hydrogen (secondary N) is 2. The van der Waals surface area contributed by atoms with Gasteiger partial charge < -0.3 is 15.0 Å². The fourth-order valence-electron chi connectivity index (χ4n) is 2.02. The van der Waals surface area contributed by atoms with Gasteiger partial charge in [0.25, 0.3) is 0 Å². The molecule has 18 heavy (non-hydrogen) atoms. The molecule has 0 atom stereocenters. The van der Waals surface area contributed by atoms with E-state index in [0.29, 0.717) is 13.2 Å². The van der Waals surface area contributed by atoms with Crippen molar-refractivity contribution in [3.8, 4) is 0 Å². The molecular weight excluding hydrogens is 248 g/mol. The maximum Gasteiger partial charge on any atom is 0.0705 e. The summed E-state index contributed by atoms with van der Waals surface area (Å²) in [5.41, 5.74) is 2.01. The van der Waals surface area contributed by atoms with Crippen molar-refractivity contribution in [1.82, 2.24) is 10.3 Å². The number of hydrogen-bond donors (Lipinski definition) is 2. The van der Waals surface area contributed by atoms with Gasteiger partial charge in [-0.15, -0.1) is 0 Å². The van der Waals surface area contributed by atoms with E-state index in [1.54, 1.807) is 7.11 Å². The number of aromatic nitrogens is 1. The summed E-state index contributed by atoms with van der Waals surface area (Å²) < 4.78 is 5.18. The minimum Gasteiger partial charge on any atom is -0.383 e. The summed E-state index contributed by atoms with van der Waals surface area (Å²) in [6.07, 6.45) is 0. The fraction of sp³-hybridized carbons (Fsp3) is 0.429. The zero-order valence-corrected chi connectivity index (χ0v) is 11.8. The molecule has 0 aliphatic carbocycles. The number of aromatic amines is 1. The first kappa shape index (κ1) is 13.4. The van der Waals surface area contributed by atoms with E-state index in [9.17, 15) is 0 Å². The standard InChI is InChI=1S/C14H19ClN2O/c1-14(2,9-18-3)16-8-12-13(15)10-6-4-5-7-11(10)17-12/h4-7,16-17H,8-9H2,1-3H3. The molecule has 1 heterocycles. The Morgan fingerprint density at radius 3 is 2.72 bits per heavy atom. The molecule has 0 spiro atoms. The minimum atomic E-state index is -0.0740. The third kappa shape index (κ3) is 2.86. The summed E-state index contributed by atoms with van der Waals surface area (Å²) in [7, 11) is 1.71. The van der Waals surface area contributed by atoms with Crippen LogP contribution in [0, 0.1) is 0 Å². The van der Waals surface area contributed by atoms with Crippen molar-refractivity contribution in [1.29, 1.82) is 0 Å². The Morgan fingerprint density at radius 2 is 2.06 bits per heavy atom. The van der Waals surface area contributed by atoms with Crippen molar-refractivity contribution in [2.75, 3.05) is 13.7 Å². The lowest BCUT2D eigenvalue weighted by molar-refractivity contribution is 0.127. The first-order valence-electron chi connectivity index (χ1n) is 6.02. The van der Waals surface area contributed by atoms with Crippen LogP contribution in [0.15, 0.2) is 24.3 Å². The topological polar surface area (TPSA) is 37.0 Å². The summed E-state index contributed by atoms with van der Waals surface area (Å²) in [6, 6.07) is 8.05. The lowest BCUT2D eigenvalue weighted by Gasteiger charge is -2.25. The van der Waals surface area contributed by atoms with Gasteiger partial charge in [0, 0.05) is 35.8 Å². The van der Waals surface area contributed by atoms with Crippen LogP contribution in [0.1, 0.15) is 19.5 Å². The lowest BCUT2D eigenvalue weighted by Crippen LogP contribution is -2.42. The monoisotopic (exact) mass is 266 g/mol. The molecule has 0 bridgehead atoms. The number of H-pyrrole nitrogens is 1. The second-order valence-corrected chi connectivity index (χ2v) is 5.51. The maximum atomic E-state index is 6.36.